The van der Waals surface area contributed by atoms with Crippen LogP contribution in [0.25, 0.3) is 11.0 Å². The fourth-order valence-electron chi connectivity index (χ4n) is 1.74. The van der Waals surface area contributed by atoms with E-state index in [1.54, 1.807) is 6.07 Å². The monoisotopic (exact) mass is 262 g/mol. The highest BCUT2D eigenvalue weighted by molar-refractivity contribution is 5.80. The quantitative estimate of drug-likeness (QED) is 0.854. The van der Waals surface area contributed by atoms with Gasteiger partial charge in [0.1, 0.15) is 5.58 Å². The van der Waals surface area contributed by atoms with E-state index in [1.807, 2.05) is 19.1 Å². The Hall–Kier alpha value is -2.14. The summed E-state index contributed by atoms with van der Waals surface area (Å²) in [7, 11) is 0. The molecule has 100 valence electrons. The number of carboxylic acid groups (broad SMARTS) is 1. The van der Waals surface area contributed by atoms with Gasteiger partial charge in [-0.05, 0) is 31.0 Å². The van der Waals surface area contributed by atoms with Gasteiger partial charge in [0.25, 0.3) is 0 Å². The maximum absolute atomic E-state index is 11.5. The number of benzene rings is 1. The van der Waals surface area contributed by atoms with E-state index in [2.05, 4.69) is 0 Å². The van der Waals surface area contributed by atoms with Crippen molar-refractivity contribution in [1.29, 1.82) is 0 Å². The summed E-state index contributed by atoms with van der Waals surface area (Å²) in [5, 5.41) is 9.51. The molecule has 0 aliphatic rings. The normalized spacial score (nSPS) is 12.5. The second-order valence-corrected chi connectivity index (χ2v) is 4.38. The fraction of sp³-hybridized carbons (Fsp3) is 0.286. The molecule has 0 saturated carbocycles. The van der Waals surface area contributed by atoms with Crippen LogP contribution >= 0.6 is 0 Å². The van der Waals surface area contributed by atoms with Gasteiger partial charge in [-0.25, -0.2) is 9.59 Å². The highest BCUT2D eigenvalue weighted by atomic mass is 16.5. The topological polar surface area (TPSA) is 76.7 Å². The largest absolute Gasteiger partial charge is 0.479 e. The van der Waals surface area contributed by atoms with Crippen molar-refractivity contribution in [3.05, 3.63) is 45.8 Å². The molecule has 0 aliphatic heterocycles. The minimum atomic E-state index is -1.04. The van der Waals surface area contributed by atoms with E-state index in [0.29, 0.717) is 11.1 Å². The van der Waals surface area contributed by atoms with Gasteiger partial charge in [0.15, 0.2) is 6.10 Å². The Morgan fingerprint density at radius 2 is 2.16 bits per heavy atom. The van der Waals surface area contributed by atoms with E-state index in [4.69, 9.17) is 14.3 Å². The van der Waals surface area contributed by atoms with E-state index in [9.17, 15) is 9.59 Å². The molecule has 5 nitrogen and oxygen atoms in total. The maximum atomic E-state index is 11.5. The zero-order valence-electron chi connectivity index (χ0n) is 10.7. The van der Waals surface area contributed by atoms with E-state index in [-0.39, 0.29) is 6.61 Å². The van der Waals surface area contributed by atoms with Crippen LogP contribution in [0.1, 0.15) is 18.1 Å². The molecule has 1 N–H and O–H groups in total. The number of hydrogen-bond acceptors (Lipinski definition) is 4. The summed E-state index contributed by atoms with van der Waals surface area (Å²) in [5.74, 6) is -1.04. The van der Waals surface area contributed by atoms with E-state index < -0.39 is 17.7 Å². The molecule has 2 aromatic rings. The summed E-state index contributed by atoms with van der Waals surface area (Å²) in [6.45, 7) is 3.40. The molecule has 0 spiro atoms. The number of carboxylic acids is 1. The Labute approximate surface area is 109 Å². The van der Waals surface area contributed by atoms with E-state index in [1.165, 1.54) is 13.0 Å². The number of carbonyl (C=O) groups is 1. The maximum Gasteiger partial charge on any atom is 0.336 e. The third-order valence-electron chi connectivity index (χ3n) is 2.82. The molecular weight excluding hydrogens is 248 g/mol. The highest BCUT2D eigenvalue weighted by Crippen LogP contribution is 2.19. The van der Waals surface area contributed by atoms with Gasteiger partial charge < -0.3 is 14.3 Å². The molecule has 5 heteroatoms. The molecule has 0 saturated heterocycles. The van der Waals surface area contributed by atoms with Crippen molar-refractivity contribution in [2.75, 3.05) is 0 Å². The molecule has 0 radical (unpaired) electrons. The van der Waals surface area contributed by atoms with Crippen LogP contribution in [0.5, 0.6) is 0 Å². The zero-order valence-corrected chi connectivity index (χ0v) is 10.7. The van der Waals surface area contributed by atoms with Gasteiger partial charge in [0.2, 0.25) is 0 Å². The van der Waals surface area contributed by atoms with Crippen molar-refractivity contribution in [1.82, 2.24) is 0 Å². The fourth-order valence-corrected chi connectivity index (χ4v) is 1.74. The molecule has 2 rings (SSSR count). The van der Waals surface area contributed by atoms with Crippen molar-refractivity contribution < 1.29 is 19.1 Å². The minimum absolute atomic E-state index is 0.0542. The molecule has 1 aromatic heterocycles. The lowest BCUT2D eigenvalue weighted by molar-refractivity contribution is -0.149. The van der Waals surface area contributed by atoms with Crippen LogP contribution in [0.2, 0.25) is 0 Å². The third-order valence-corrected chi connectivity index (χ3v) is 2.82. The van der Waals surface area contributed by atoms with Gasteiger partial charge in [-0.15, -0.1) is 0 Å². The summed E-state index contributed by atoms with van der Waals surface area (Å²) in [4.78, 5) is 22.1. The average Bonchev–Trinajstić information content (AvgIpc) is 2.34. The Bertz CT molecular complexity index is 671. The number of hydrogen-bond donors (Lipinski definition) is 1. The number of rotatable bonds is 4. The average molecular weight is 262 g/mol. The predicted molar refractivity (Wildman–Crippen MR) is 69.1 cm³/mol. The van der Waals surface area contributed by atoms with Crippen LogP contribution in [0, 0.1) is 6.92 Å². The molecule has 0 fully saturated rings. The van der Waals surface area contributed by atoms with Crippen LogP contribution < -0.4 is 5.63 Å². The second kappa shape index (κ2) is 5.24. The lowest BCUT2D eigenvalue weighted by Gasteiger charge is -2.10. The SMILES string of the molecule is Cc1ccc2c(COC(C)C(=O)O)cc(=O)oc2c1. The number of ether oxygens (including phenoxy) is 1. The lowest BCUT2D eigenvalue weighted by Crippen LogP contribution is -2.19. The van der Waals surface area contributed by atoms with Gasteiger partial charge in [0.05, 0.1) is 6.61 Å². The zero-order chi connectivity index (χ0) is 14.0. The number of aryl methyl sites for hydroxylation is 1. The first kappa shape index (κ1) is 13.3. The first-order chi connectivity index (χ1) is 8.97. The summed E-state index contributed by atoms with van der Waals surface area (Å²) in [6, 6.07) is 6.82. The highest BCUT2D eigenvalue weighted by Gasteiger charge is 2.13. The molecule has 0 amide bonds. The third kappa shape index (κ3) is 3.00. The molecule has 19 heavy (non-hydrogen) atoms. The Kier molecular flexibility index (Phi) is 3.66. The van der Waals surface area contributed by atoms with Crippen molar-refractivity contribution in [2.24, 2.45) is 0 Å². The molecule has 1 atom stereocenters. The second-order valence-electron chi connectivity index (χ2n) is 4.38. The standard InChI is InChI=1S/C14H14O5/c1-8-3-4-11-10(7-18-9(2)14(16)17)6-13(15)19-12(11)5-8/h3-6,9H,7H2,1-2H3,(H,16,17). The van der Waals surface area contributed by atoms with Crippen molar-refractivity contribution in [3.8, 4) is 0 Å². The minimum Gasteiger partial charge on any atom is -0.479 e. The first-order valence-corrected chi connectivity index (χ1v) is 5.85. The van der Waals surface area contributed by atoms with Crippen LogP contribution in [0.4, 0.5) is 0 Å². The van der Waals surface area contributed by atoms with Gasteiger partial charge in [-0.2, -0.15) is 0 Å². The smallest absolute Gasteiger partial charge is 0.336 e. The Morgan fingerprint density at radius 3 is 2.84 bits per heavy atom. The summed E-state index contributed by atoms with van der Waals surface area (Å²) in [5.41, 5.74) is 1.61. The molecule has 1 aromatic carbocycles. The van der Waals surface area contributed by atoms with Crippen molar-refractivity contribution >= 4 is 16.9 Å². The van der Waals surface area contributed by atoms with Gasteiger partial charge in [0, 0.05) is 11.5 Å². The van der Waals surface area contributed by atoms with Crippen molar-refractivity contribution in [2.45, 2.75) is 26.6 Å². The summed E-state index contributed by atoms with van der Waals surface area (Å²) in [6.07, 6.45) is -0.923. The van der Waals surface area contributed by atoms with Gasteiger partial charge >= 0.3 is 11.6 Å². The summed E-state index contributed by atoms with van der Waals surface area (Å²) < 4.78 is 10.3. The van der Waals surface area contributed by atoms with Gasteiger partial charge in [-0.3, -0.25) is 0 Å². The predicted octanol–water partition coefficient (Wildman–Crippen LogP) is 2.09. The lowest BCUT2D eigenvalue weighted by atomic mass is 10.1. The Balaban J connectivity index is 2.37. The van der Waals surface area contributed by atoms with Crippen molar-refractivity contribution in [3.63, 3.8) is 0 Å². The number of fused-ring (bicyclic) bond motifs is 1. The molecule has 0 aliphatic carbocycles. The summed E-state index contributed by atoms with van der Waals surface area (Å²) >= 11 is 0. The van der Waals surface area contributed by atoms with E-state index in [0.717, 1.165) is 10.9 Å². The molecule has 1 unspecified atom stereocenters. The number of aliphatic carboxylic acids is 1. The van der Waals surface area contributed by atoms with Gasteiger partial charge in [-0.1, -0.05) is 12.1 Å². The van der Waals surface area contributed by atoms with Crippen LogP contribution in [-0.4, -0.2) is 17.2 Å². The van der Waals surface area contributed by atoms with E-state index >= 15 is 0 Å². The van der Waals surface area contributed by atoms with Crippen LogP contribution in [-0.2, 0) is 16.1 Å². The Morgan fingerprint density at radius 1 is 1.42 bits per heavy atom. The first-order valence-electron chi connectivity index (χ1n) is 5.85. The molecular formula is C14H14O5. The van der Waals surface area contributed by atoms with Crippen LogP contribution in [0.3, 0.4) is 0 Å². The molecule has 0 bridgehead atoms. The molecule has 1 heterocycles. The van der Waals surface area contributed by atoms with Crippen LogP contribution in [0.15, 0.2) is 33.5 Å².